The van der Waals surface area contributed by atoms with E-state index < -0.39 is 11.7 Å². The highest BCUT2D eigenvalue weighted by molar-refractivity contribution is 9.09. The second kappa shape index (κ2) is 11.4. The van der Waals surface area contributed by atoms with E-state index in [0.29, 0.717) is 30.1 Å². The van der Waals surface area contributed by atoms with E-state index >= 15 is 0 Å². The van der Waals surface area contributed by atoms with Crippen LogP contribution in [0.1, 0.15) is 91.9 Å². The van der Waals surface area contributed by atoms with Gasteiger partial charge in [-0.05, 0) is 86.7 Å². The van der Waals surface area contributed by atoms with Gasteiger partial charge < -0.3 is 14.9 Å². The lowest BCUT2D eigenvalue weighted by molar-refractivity contribution is -0.147. The van der Waals surface area contributed by atoms with E-state index in [1.807, 2.05) is 13.8 Å². The molecule has 3 fully saturated rings. The molecule has 0 aromatic rings. The molecule has 1 unspecified atom stereocenters. The van der Waals surface area contributed by atoms with E-state index in [4.69, 9.17) is 4.74 Å². The number of fused-ring (bicyclic) bond motifs is 1. The van der Waals surface area contributed by atoms with Crippen LogP contribution in [0.5, 0.6) is 0 Å². The van der Waals surface area contributed by atoms with Crippen molar-refractivity contribution in [3.05, 3.63) is 35.5 Å². The van der Waals surface area contributed by atoms with E-state index in [1.54, 1.807) is 0 Å². The van der Waals surface area contributed by atoms with Gasteiger partial charge in [-0.25, -0.2) is 0 Å². The molecule has 34 heavy (non-hydrogen) atoms. The molecule has 3 saturated carbocycles. The molecular formula is C29H45BrO4. The molecule has 192 valence electrons. The number of aliphatic hydroxyl groups excluding tert-OH is 1. The molecule has 5 heteroatoms. The first-order valence-corrected chi connectivity index (χ1v) is 14.3. The molecule has 3 rings (SSSR count). The zero-order chi connectivity index (χ0) is 25.1. The Morgan fingerprint density at radius 1 is 1.35 bits per heavy atom. The predicted molar refractivity (Wildman–Crippen MR) is 142 cm³/mol. The van der Waals surface area contributed by atoms with Crippen molar-refractivity contribution < 1.29 is 19.7 Å². The van der Waals surface area contributed by atoms with Crippen molar-refractivity contribution in [2.75, 3.05) is 5.33 Å². The minimum Gasteiger partial charge on any atom is -0.461 e. The number of ether oxygens (including phenoxy) is 1. The number of esters is 1. The maximum Gasteiger partial charge on any atom is 0.316 e. The molecule has 6 atom stereocenters. The summed E-state index contributed by atoms with van der Waals surface area (Å²) in [4.78, 5) is 11.7. The lowest BCUT2D eigenvalue weighted by atomic mass is 9.60. The second-order valence-corrected chi connectivity index (χ2v) is 12.5. The van der Waals surface area contributed by atoms with Crippen LogP contribution in [0.2, 0.25) is 0 Å². The molecule has 0 aromatic carbocycles. The van der Waals surface area contributed by atoms with Gasteiger partial charge in [-0.15, -0.1) is 0 Å². The highest BCUT2D eigenvalue weighted by Crippen LogP contribution is 2.60. The van der Waals surface area contributed by atoms with Crippen molar-refractivity contribution in [1.29, 1.82) is 0 Å². The monoisotopic (exact) mass is 536 g/mol. The molecule has 0 bridgehead atoms. The van der Waals surface area contributed by atoms with E-state index in [1.165, 1.54) is 37.7 Å². The average molecular weight is 538 g/mol. The van der Waals surface area contributed by atoms with E-state index in [-0.39, 0.29) is 17.4 Å². The van der Waals surface area contributed by atoms with E-state index in [2.05, 4.69) is 48.5 Å². The van der Waals surface area contributed by atoms with Crippen molar-refractivity contribution in [3.63, 3.8) is 0 Å². The first-order chi connectivity index (χ1) is 15.9. The van der Waals surface area contributed by atoms with Gasteiger partial charge in [0.05, 0.1) is 11.7 Å². The number of hydrogen-bond acceptors (Lipinski definition) is 4. The molecule has 0 heterocycles. The summed E-state index contributed by atoms with van der Waals surface area (Å²) in [6.45, 7) is 12.9. The summed E-state index contributed by atoms with van der Waals surface area (Å²) < 4.78 is 5.50. The molecule has 2 N–H and O–H groups in total. The molecule has 0 saturated heterocycles. The van der Waals surface area contributed by atoms with Gasteiger partial charge in [0.1, 0.15) is 11.4 Å². The summed E-state index contributed by atoms with van der Waals surface area (Å²) in [6.07, 6.45) is 13.8. The van der Waals surface area contributed by atoms with Crippen LogP contribution in [0, 0.1) is 23.2 Å². The summed E-state index contributed by atoms with van der Waals surface area (Å²) in [7, 11) is 0. The minimum atomic E-state index is -0.663. The molecule has 0 spiro atoms. The summed E-state index contributed by atoms with van der Waals surface area (Å²) in [5, 5.41) is 20.7. The second-order valence-electron chi connectivity index (χ2n) is 11.9. The summed E-state index contributed by atoms with van der Waals surface area (Å²) in [6, 6.07) is 0. The van der Waals surface area contributed by atoms with Crippen LogP contribution in [0.15, 0.2) is 35.5 Å². The Morgan fingerprint density at radius 3 is 2.76 bits per heavy atom. The van der Waals surface area contributed by atoms with Crippen molar-refractivity contribution >= 4 is 21.9 Å². The highest BCUT2D eigenvalue weighted by Gasteiger charge is 2.50. The van der Waals surface area contributed by atoms with Crippen LogP contribution in [0.25, 0.3) is 0 Å². The third kappa shape index (κ3) is 6.64. The minimum absolute atomic E-state index is 0.168. The molecule has 0 amide bonds. The molecule has 4 nitrogen and oxygen atoms in total. The van der Waals surface area contributed by atoms with Gasteiger partial charge in [0, 0.05) is 12.8 Å². The van der Waals surface area contributed by atoms with Crippen molar-refractivity contribution in [1.82, 2.24) is 0 Å². The number of alkyl halides is 1. The normalized spacial score (nSPS) is 35.4. The van der Waals surface area contributed by atoms with Gasteiger partial charge in [0.2, 0.25) is 0 Å². The Bertz CT molecular complexity index is 807. The number of carbonyl (C=O) groups is 1. The fraction of sp³-hybridized carbons (Fsp3) is 0.759. The Hall–Kier alpha value is -0.910. The molecular weight excluding hydrogens is 492 g/mol. The van der Waals surface area contributed by atoms with Gasteiger partial charge in [-0.2, -0.15) is 0 Å². The van der Waals surface area contributed by atoms with Crippen LogP contribution in [0.4, 0.5) is 0 Å². The summed E-state index contributed by atoms with van der Waals surface area (Å²) in [5.74, 6) is 1.73. The van der Waals surface area contributed by atoms with Crippen molar-refractivity contribution in [3.8, 4) is 0 Å². The van der Waals surface area contributed by atoms with Crippen LogP contribution >= 0.6 is 15.9 Å². The number of allylic oxidation sites excluding steroid dienone is 3. The van der Waals surface area contributed by atoms with E-state index in [0.717, 1.165) is 36.3 Å². The number of hydrogen-bond donors (Lipinski definition) is 2. The average Bonchev–Trinajstić information content (AvgIpc) is 3.11. The van der Waals surface area contributed by atoms with Crippen LogP contribution in [0.3, 0.4) is 0 Å². The van der Waals surface area contributed by atoms with Crippen LogP contribution in [-0.4, -0.2) is 39.3 Å². The number of aliphatic hydroxyl groups is 2. The zero-order valence-corrected chi connectivity index (χ0v) is 23.2. The standard InChI is InChI=1S/C29H45BrO4/c1-19(8-6-14-28(3,4)33)24-12-13-25-21(9-7-15-29(24,25)5)10-11-22-16-23(34-27(32)18-30)17-26(31)20(22)2/h10-11,19,23-26,31,33H,2,6-9,12-18H2,1,3-5H3/b21-10+,22-11-/t19-,23-,24-,25+,26?,29-/m1/s1. The molecule has 3 aliphatic rings. The lowest BCUT2D eigenvalue weighted by Gasteiger charge is -2.44. The zero-order valence-electron chi connectivity index (χ0n) is 21.6. The first kappa shape index (κ1) is 27.7. The quantitative estimate of drug-likeness (QED) is 0.269. The molecule has 3 aliphatic carbocycles. The highest BCUT2D eigenvalue weighted by atomic mass is 79.9. The largest absolute Gasteiger partial charge is 0.461 e. The topological polar surface area (TPSA) is 66.8 Å². The van der Waals surface area contributed by atoms with Gasteiger partial charge >= 0.3 is 5.97 Å². The fourth-order valence-corrected chi connectivity index (χ4v) is 7.16. The number of halogens is 1. The molecule has 0 aliphatic heterocycles. The van der Waals surface area contributed by atoms with Crippen LogP contribution < -0.4 is 0 Å². The molecule has 0 aromatic heterocycles. The summed E-state index contributed by atoms with van der Waals surface area (Å²) >= 11 is 3.14. The fourth-order valence-electron chi connectivity index (χ4n) is 7.03. The molecule has 0 radical (unpaired) electrons. The van der Waals surface area contributed by atoms with Gasteiger partial charge in [0.15, 0.2) is 0 Å². The Balaban J connectivity index is 1.71. The number of rotatable bonds is 8. The third-order valence-corrected chi connectivity index (χ3v) is 9.28. The van der Waals surface area contributed by atoms with Gasteiger partial charge in [-0.1, -0.05) is 66.9 Å². The third-order valence-electron chi connectivity index (χ3n) is 8.83. The Kier molecular flexibility index (Phi) is 9.30. The van der Waals surface area contributed by atoms with Gasteiger partial charge in [-0.3, -0.25) is 4.79 Å². The number of carbonyl (C=O) groups excluding carboxylic acids is 1. The van der Waals surface area contributed by atoms with Crippen molar-refractivity contribution in [2.45, 2.75) is 110 Å². The Morgan fingerprint density at radius 2 is 2.09 bits per heavy atom. The summed E-state index contributed by atoms with van der Waals surface area (Å²) in [5.41, 5.74) is 3.06. The SMILES string of the molecule is C=C1/C(=C\C=C2/CCC[C@]3(C)[C@@H]([C@H](C)CCCC(C)(C)O)CC[C@@H]23)C[C@@H](OC(=O)CBr)CC1O. The predicted octanol–water partition coefficient (Wildman–Crippen LogP) is 6.65. The maximum absolute atomic E-state index is 11.7. The van der Waals surface area contributed by atoms with Crippen LogP contribution in [-0.2, 0) is 9.53 Å². The lowest BCUT2D eigenvalue weighted by Crippen LogP contribution is -2.36. The first-order valence-electron chi connectivity index (χ1n) is 13.2. The smallest absolute Gasteiger partial charge is 0.316 e. The van der Waals surface area contributed by atoms with Crippen molar-refractivity contribution in [2.24, 2.45) is 23.2 Å². The van der Waals surface area contributed by atoms with E-state index in [9.17, 15) is 15.0 Å². The Labute approximate surface area is 215 Å². The maximum atomic E-state index is 11.7. The van der Waals surface area contributed by atoms with Gasteiger partial charge in [0.25, 0.3) is 0 Å².